The van der Waals surface area contributed by atoms with Gasteiger partial charge in [0, 0.05) is 5.70 Å². The van der Waals surface area contributed by atoms with Crippen LogP contribution >= 0.6 is 0 Å². The van der Waals surface area contributed by atoms with Crippen molar-refractivity contribution in [1.29, 1.82) is 0 Å². The number of benzene rings is 1. The Labute approximate surface area is 138 Å². The molecular formula is C16H18FN5O2. The molecule has 0 amide bonds. The van der Waals surface area contributed by atoms with Gasteiger partial charge in [0.15, 0.2) is 0 Å². The molecule has 1 atom stereocenters. The molecule has 0 aliphatic carbocycles. The molecule has 3 rings (SSSR count). The van der Waals surface area contributed by atoms with Crippen molar-refractivity contribution < 1.29 is 13.9 Å². The number of carbonyl (C=O) groups excluding carboxylic acids is 1. The van der Waals surface area contributed by atoms with Gasteiger partial charge < -0.3 is 10.1 Å². The molecule has 0 saturated carbocycles. The zero-order chi connectivity index (χ0) is 17.5. The van der Waals surface area contributed by atoms with Gasteiger partial charge in [-0.1, -0.05) is 17.2 Å². The average molecular weight is 331 g/mol. The van der Waals surface area contributed by atoms with Crippen molar-refractivity contribution in [2.45, 2.75) is 39.3 Å². The Morgan fingerprint density at radius 2 is 2.12 bits per heavy atom. The topological polar surface area (TPSA) is 81.9 Å². The molecule has 1 aromatic carbocycles. The monoisotopic (exact) mass is 331 g/mol. The number of hydrogen-bond donors (Lipinski definition) is 1. The van der Waals surface area contributed by atoms with E-state index in [4.69, 9.17) is 4.74 Å². The minimum atomic E-state index is -0.665. The van der Waals surface area contributed by atoms with E-state index in [-0.39, 0.29) is 0 Å². The Bertz CT molecular complexity index is 822. The first-order chi connectivity index (χ1) is 11.3. The van der Waals surface area contributed by atoms with Crippen molar-refractivity contribution in [3.05, 3.63) is 46.9 Å². The van der Waals surface area contributed by atoms with Crippen molar-refractivity contribution in [2.75, 3.05) is 5.32 Å². The highest BCUT2D eigenvalue weighted by molar-refractivity contribution is 5.92. The number of esters is 1. The van der Waals surface area contributed by atoms with E-state index in [9.17, 15) is 9.18 Å². The SMILES string of the molecule is CC1=C(C(=O)OC(C)(C)C)[C@@H](c2cccc(F)c2)n2nnnc2N1. The first kappa shape index (κ1) is 16.1. The zero-order valence-electron chi connectivity index (χ0n) is 13.9. The molecule has 1 aromatic heterocycles. The summed E-state index contributed by atoms with van der Waals surface area (Å²) in [5.74, 6) is -0.515. The van der Waals surface area contributed by atoms with Gasteiger partial charge in [-0.3, -0.25) is 0 Å². The van der Waals surface area contributed by atoms with Crippen LogP contribution in [-0.2, 0) is 9.53 Å². The third-order valence-electron chi connectivity index (χ3n) is 3.50. The number of anilines is 1. The highest BCUT2D eigenvalue weighted by atomic mass is 19.1. The van der Waals surface area contributed by atoms with Gasteiger partial charge in [-0.05, 0) is 55.8 Å². The summed E-state index contributed by atoms with van der Waals surface area (Å²) in [6.07, 6.45) is 0. The largest absolute Gasteiger partial charge is 0.456 e. The lowest BCUT2D eigenvalue weighted by Crippen LogP contribution is -2.33. The average Bonchev–Trinajstić information content (AvgIpc) is 2.91. The van der Waals surface area contributed by atoms with E-state index in [1.807, 2.05) is 0 Å². The second kappa shape index (κ2) is 5.70. The summed E-state index contributed by atoms with van der Waals surface area (Å²) >= 11 is 0. The van der Waals surface area contributed by atoms with Gasteiger partial charge in [0.25, 0.3) is 0 Å². The van der Waals surface area contributed by atoms with Gasteiger partial charge in [0.1, 0.15) is 17.5 Å². The van der Waals surface area contributed by atoms with Crippen molar-refractivity contribution in [2.24, 2.45) is 0 Å². The summed E-state index contributed by atoms with van der Waals surface area (Å²) in [5, 5.41) is 14.4. The van der Waals surface area contributed by atoms with Crippen molar-refractivity contribution in [3.63, 3.8) is 0 Å². The number of nitrogens with zero attached hydrogens (tertiary/aromatic N) is 4. The highest BCUT2D eigenvalue weighted by Crippen LogP contribution is 2.35. The molecule has 0 radical (unpaired) electrons. The number of carbonyl (C=O) groups is 1. The molecule has 1 aliphatic heterocycles. The molecule has 0 fully saturated rings. The molecule has 0 spiro atoms. The van der Waals surface area contributed by atoms with Crippen LogP contribution in [0.3, 0.4) is 0 Å². The van der Waals surface area contributed by atoms with Crippen LogP contribution in [0.4, 0.5) is 10.3 Å². The molecule has 24 heavy (non-hydrogen) atoms. The first-order valence-electron chi connectivity index (χ1n) is 7.51. The fourth-order valence-electron chi connectivity index (χ4n) is 2.59. The third kappa shape index (κ3) is 2.99. The van der Waals surface area contributed by atoms with Crippen LogP contribution in [0, 0.1) is 5.82 Å². The number of nitrogens with one attached hydrogen (secondary N) is 1. The quantitative estimate of drug-likeness (QED) is 0.851. The Morgan fingerprint density at radius 3 is 2.79 bits per heavy atom. The predicted octanol–water partition coefficient (Wildman–Crippen LogP) is 2.44. The van der Waals surface area contributed by atoms with E-state index in [2.05, 4.69) is 20.8 Å². The molecule has 126 valence electrons. The summed E-state index contributed by atoms with van der Waals surface area (Å²) in [5.41, 5.74) is 0.818. The highest BCUT2D eigenvalue weighted by Gasteiger charge is 2.36. The molecule has 2 aromatic rings. The van der Waals surface area contributed by atoms with E-state index in [1.54, 1.807) is 39.8 Å². The number of tetrazole rings is 1. The van der Waals surface area contributed by atoms with E-state index >= 15 is 0 Å². The number of ether oxygens (including phenoxy) is 1. The number of fused-ring (bicyclic) bond motifs is 1. The third-order valence-corrected chi connectivity index (χ3v) is 3.50. The van der Waals surface area contributed by atoms with Crippen LogP contribution in [0.5, 0.6) is 0 Å². The molecule has 0 saturated heterocycles. The number of allylic oxidation sites excluding steroid dienone is 1. The summed E-state index contributed by atoms with van der Waals surface area (Å²) in [6.45, 7) is 7.10. The lowest BCUT2D eigenvalue weighted by atomic mass is 9.95. The Hall–Kier alpha value is -2.77. The van der Waals surface area contributed by atoms with Crippen LogP contribution in [-0.4, -0.2) is 31.8 Å². The van der Waals surface area contributed by atoms with Gasteiger partial charge >= 0.3 is 5.97 Å². The Morgan fingerprint density at radius 1 is 1.38 bits per heavy atom. The number of hydrogen-bond acceptors (Lipinski definition) is 6. The fourth-order valence-corrected chi connectivity index (χ4v) is 2.59. The summed E-state index contributed by atoms with van der Waals surface area (Å²) in [4.78, 5) is 12.7. The zero-order valence-corrected chi connectivity index (χ0v) is 13.9. The molecule has 1 N–H and O–H groups in total. The van der Waals surface area contributed by atoms with E-state index < -0.39 is 23.4 Å². The van der Waals surface area contributed by atoms with Gasteiger partial charge in [-0.15, -0.1) is 0 Å². The second-order valence-electron chi connectivity index (χ2n) is 6.57. The predicted molar refractivity (Wildman–Crippen MR) is 84.5 cm³/mol. The summed E-state index contributed by atoms with van der Waals surface area (Å²) < 4.78 is 20.7. The van der Waals surface area contributed by atoms with Crippen LogP contribution in [0.2, 0.25) is 0 Å². The van der Waals surface area contributed by atoms with Crippen molar-refractivity contribution >= 4 is 11.9 Å². The molecule has 1 aliphatic rings. The molecular weight excluding hydrogens is 313 g/mol. The van der Waals surface area contributed by atoms with E-state index in [1.165, 1.54) is 16.8 Å². The smallest absolute Gasteiger partial charge is 0.338 e. The van der Waals surface area contributed by atoms with Crippen LogP contribution in [0.15, 0.2) is 35.5 Å². The lowest BCUT2D eigenvalue weighted by Gasteiger charge is -2.29. The van der Waals surface area contributed by atoms with Crippen molar-refractivity contribution in [3.8, 4) is 0 Å². The molecule has 2 heterocycles. The Kier molecular flexibility index (Phi) is 3.82. The maximum atomic E-state index is 13.7. The standard InChI is InChI=1S/C16H18FN5O2/c1-9-12(14(23)24-16(2,3)4)13(10-6-5-7-11(17)8-10)22-15(18-9)19-20-21-22/h5-8,13H,1-4H3,(H,18,19,21)/t13-/m1/s1. The molecule has 0 bridgehead atoms. The number of aromatic nitrogens is 4. The normalized spacial score (nSPS) is 17.3. The van der Waals surface area contributed by atoms with Crippen LogP contribution < -0.4 is 5.32 Å². The second-order valence-corrected chi connectivity index (χ2v) is 6.57. The Balaban J connectivity index is 2.12. The fraction of sp³-hybridized carbons (Fsp3) is 0.375. The number of halogens is 1. The first-order valence-corrected chi connectivity index (χ1v) is 7.51. The van der Waals surface area contributed by atoms with Gasteiger partial charge in [0.2, 0.25) is 5.95 Å². The van der Waals surface area contributed by atoms with Crippen molar-refractivity contribution in [1.82, 2.24) is 20.2 Å². The van der Waals surface area contributed by atoms with Crippen LogP contribution in [0.1, 0.15) is 39.3 Å². The lowest BCUT2D eigenvalue weighted by molar-refractivity contribution is -0.150. The van der Waals surface area contributed by atoms with Gasteiger partial charge in [-0.2, -0.15) is 4.68 Å². The maximum Gasteiger partial charge on any atom is 0.338 e. The summed E-state index contributed by atoms with van der Waals surface area (Å²) in [6, 6.07) is 5.34. The molecule has 0 unspecified atom stereocenters. The summed E-state index contributed by atoms with van der Waals surface area (Å²) in [7, 11) is 0. The molecule has 7 nitrogen and oxygen atoms in total. The molecule has 8 heteroatoms. The minimum absolute atomic E-state index is 0.343. The van der Waals surface area contributed by atoms with Crippen LogP contribution in [0.25, 0.3) is 0 Å². The van der Waals surface area contributed by atoms with Gasteiger partial charge in [-0.25, -0.2) is 9.18 Å². The minimum Gasteiger partial charge on any atom is -0.456 e. The number of rotatable bonds is 2. The van der Waals surface area contributed by atoms with E-state index in [0.29, 0.717) is 22.8 Å². The van der Waals surface area contributed by atoms with E-state index in [0.717, 1.165) is 0 Å². The maximum absolute atomic E-state index is 13.7. The van der Waals surface area contributed by atoms with Gasteiger partial charge in [0.05, 0.1) is 5.57 Å².